The van der Waals surface area contributed by atoms with Gasteiger partial charge in [0.25, 0.3) is 5.56 Å². The van der Waals surface area contributed by atoms with Gasteiger partial charge in [0.15, 0.2) is 0 Å². The van der Waals surface area contributed by atoms with Gasteiger partial charge in [0.2, 0.25) is 5.91 Å². The lowest BCUT2D eigenvalue weighted by Crippen LogP contribution is -2.29. The first-order valence-corrected chi connectivity index (χ1v) is 6.54. The van der Waals surface area contributed by atoms with Crippen LogP contribution in [-0.4, -0.2) is 15.5 Å². The number of aryl methyl sites for hydroxylation is 1. The normalized spacial score (nSPS) is 10.3. The van der Waals surface area contributed by atoms with E-state index >= 15 is 0 Å². The summed E-state index contributed by atoms with van der Waals surface area (Å²) >= 11 is 3.11. The highest BCUT2D eigenvalue weighted by molar-refractivity contribution is 9.10. The number of nitrogens with one attached hydrogen (secondary N) is 1. The molecule has 1 heterocycles. The van der Waals surface area contributed by atoms with Crippen molar-refractivity contribution in [3.63, 3.8) is 0 Å². The highest BCUT2D eigenvalue weighted by Gasteiger charge is 2.10. The zero-order valence-corrected chi connectivity index (χ0v) is 12.1. The van der Waals surface area contributed by atoms with Crippen LogP contribution in [0.2, 0.25) is 0 Å². The molecule has 0 atom stereocenters. The second kappa shape index (κ2) is 5.96. The van der Waals surface area contributed by atoms with Crippen molar-refractivity contribution >= 4 is 27.5 Å². The standard InChI is InChI=1S/C13H11BrFN3O2/c1-8-12(14)13(20)18(7-16-8)6-11(19)17-10-5-3-2-4-9(10)15/h2-5,7H,6H2,1H3,(H,17,19). The molecule has 0 aliphatic rings. The second-order valence-corrected chi connectivity index (χ2v) is 4.90. The van der Waals surface area contributed by atoms with Crippen LogP contribution in [0.5, 0.6) is 0 Å². The predicted molar refractivity (Wildman–Crippen MR) is 76.0 cm³/mol. The van der Waals surface area contributed by atoms with Crippen LogP contribution >= 0.6 is 15.9 Å². The van der Waals surface area contributed by atoms with Crippen molar-refractivity contribution in [2.75, 3.05) is 5.32 Å². The van der Waals surface area contributed by atoms with Crippen LogP contribution in [0.4, 0.5) is 10.1 Å². The van der Waals surface area contributed by atoms with Crippen LogP contribution < -0.4 is 10.9 Å². The van der Waals surface area contributed by atoms with E-state index in [1.54, 1.807) is 13.0 Å². The van der Waals surface area contributed by atoms with Gasteiger partial charge in [-0.3, -0.25) is 14.2 Å². The molecule has 0 saturated heterocycles. The molecule has 0 radical (unpaired) electrons. The van der Waals surface area contributed by atoms with Crippen molar-refractivity contribution in [3.8, 4) is 0 Å². The molecule has 2 rings (SSSR count). The van der Waals surface area contributed by atoms with Crippen LogP contribution in [0.25, 0.3) is 0 Å². The van der Waals surface area contributed by atoms with Crippen molar-refractivity contribution in [1.82, 2.24) is 9.55 Å². The quantitative estimate of drug-likeness (QED) is 0.931. The van der Waals surface area contributed by atoms with Crippen LogP contribution in [0, 0.1) is 12.7 Å². The SMILES string of the molecule is Cc1ncn(CC(=O)Nc2ccccc2F)c(=O)c1Br. The van der Waals surface area contributed by atoms with E-state index in [4.69, 9.17) is 0 Å². The van der Waals surface area contributed by atoms with Crippen LogP contribution in [0.3, 0.4) is 0 Å². The van der Waals surface area contributed by atoms with Crippen LogP contribution in [-0.2, 0) is 11.3 Å². The minimum atomic E-state index is -0.531. The van der Waals surface area contributed by atoms with E-state index in [-0.39, 0.29) is 17.8 Å². The van der Waals surface area contributed by atoms with Gasteiger partial charge in [-0.15, -0.1) is 0 Å². The van der Waals surface area contributed by atoms with Gasteiger partial charge >= 0.3 is 0 Å². The molecule has 0 aliphatic carbocycles. The van der Waals surface area contributed by atoms with E-state index in [9.17, 15) is 14.0 Å². The zero-order valence-electron chi connectivity index (χ0n) is 10.6. The number of aromatic nitrogens is 2. The van der Waals surface area contributed by atoms with E-state index in [1.165, 1.54) is 24.5 Å². The number of nitrogens with zero attached hydrogens (tertiary/aromatic N) is 2. The van der Waals surface area contributed by atoms with Crippen LogP contribution in [0.1, 0.15) is 5.69 Å². The number of carbonyl (C=O) groups is 1. The summed E-state index contributed by atoms with van der Waals surface area (Å²) in [5.74, 6) is -1.04. The summed E-state index contributed by atoms with van der Waals surface area (Å²) in [6.45, 7) is 1.44. The lowest BCUT2D eigenvalue weighted by molar-refractivity contribution is -0.116. The molecular weight excluding hydrogens is 329 g/mol. The largest absolute Gasteiger partial charge is 0.322 e. The maximum absolute atomic E-state index is 13.4. The molecule has 1 aromatic carbocycles. The Hall–Kier alpha value is -2.02. The van der Waals surface area contributed by atoms with Crippen LogP contribution in [0.15, 0.2) is 39.9 Å². The molecule has 1 aromatic heterocycles. The van der Waals surface area contributed by atoms with Gasteiger partial charge in [-0.25, -0.2) is 9.37 Å². The maximum atomic E-state index is 13.4. The molecular formula is C13H11BrFN3O2. The molecule has 0 fully saturated rings. The molecule has 7 heteroatoms. The first-order chi connectivity index (χ1) is 9.49. The fourth-order valence-corrected chi connectivity index (χ4v) is 1.90. The zero-order chi connectivity index (χ0) is 14.7. The Bertz CT molecular complexity index is 715. The summed E-state index contributed by atoms with van der Waals surface area (Å²) in [7, 11) is 0. The monoisotopic (exact) mass is 339 g/mol. The van der Waals surface area contributed by atoms with E-state index in [1.807, 2.05) is 0 Å². The number of hydrogen-bond acceptors (Lipinski definition) is 3. The van der Waals surface area contributed by atoms with Crippen molar-refractivity contribution in [2.24, 2.45) is 0 Å². The number of carbonyl (C=O) groups excluding carboxylic acids is 1. The molecule has 2 aromatic rings. The second-order valence-electron chi connectivity index (χ2n) is 4.11. The summed E-state index contributed by atoms with van der Waals surface area (Å²) in [5.41, 5.74) is 0.256. The van der Waals surface area contributed by atoms with Gasteiger partial charge in [0, 0.05) is 0 Å². The van der Waals surface area contributed by atoms with Crippen molar-refractivity contribution < 1.29 is 9.18 Å². The first-order valence-electron chi connectivity index (χ1n) is 5.75. The highest BCUT2D eigenvalue weighted by atomic mass is 79.9. The molecule has 104 valence electrons. The van der Waals surface area contributed by atoms with Gasteiger partial charge in [-0.1, -0.05) is 12.1 Å². The number of anilines is 1. The molecule has 20 heavy (non-hydrogen) atoms. The number of halogens is 2. The third-order valence-corrected chi connectivity index (χ3v) is 3.53. The molecule has 5 nitrogen and oxygen atoms in total. The summed E-state index contributed by atoms with van der Waals surface area (Å²) in [4.78, 5) is 27.6. The Morgan fingerprint density at radius 3 is 2.85 bits per heavy atom. The fraction of sp³-hybridized carbons (Fsp3) is 0.154. The lowest BCUT2D eigenvalue weighted by Gasteiger charge is -2.08. The Kier molecular flexibility index (Phi) is 4.29. The topological polar surface area (TPSA) is 64.0 Å². The molecule has 0 saturated carbocycles. The van der Waals surface area contributed by atoms with Gasteiger partial charge in [-0.2, -0.15) is 0 Å². The van der Waals surface area contributed by atoms with E-state index in [0.717, 1.165) is 4.57 Å². The molecule has 1 N–H and O–H groups in total. The predicted octanol–water partition coefficient (Wildman–Crippen LogP) is 2.09. The van der Waals surface area contributed by atoms with Gasteiger partial charge < -0.3 is 5.32 Å². The van der Waals surface area contributed by atoms with Gasteiger partial charge in [0.05, 0.1) is 17.7 Å². The third kappa shape index (κ3) is 3.11. The molecule has 0 bridgehead atoms. The van der Waals surface area contributed by atoms with E-state index in [2.05, 4.69) is 26.2 Å². The Balaban J connectivity index is 2.15. The summed E-state index contributed by atoms with van der Waals surface area (Å²) in [5, 5.41) is 2.40. The molecule has 0 aliphatic heterocycles. The van der Waals surface area contributed by atoms with E-state index < -0.39 is 11.7 Å². The average molecular weight is 340 g/mol. The Morgan fingerprint density at radius 2 is 2.15 bits per heavy atom. The number of rotatable bonds is 3. The molecule has 0 unspecified atom stereocenters. The number of amides is 1. The van der Waals surface area contributed by atoms with Gasteiger partial charge in [-0.05, 0) is 35.0 Å². The molecule has 1 amide bonds. The minimum Gasteiger partial charge on any atom is -0.322 e. The average Bonchev–Trinajstić information content (AvgIpc) is 2.42. The number of para-hydroxylation sites is 1. The summed E-state index contributed by atoms with van der Waals surface area (Å²) in [6.07, 6.45) is 1.28. The first kappa shape index (κ1) is 14.4. The van der Waals surface area contributed by atoms with Crippen molar-refractivity contribution in [1.29, 1.82) is 0 Å². The summed E-state index contributed by atoms with van der Waals surface area (Å²) in [6, 6.07) is 5.82. The lowest BCUT2D eigenvalue weighted by atomic mass is 10.3. The third-order valence-electron chi connectivity index (χ3n) is 2.62. The van der Waals surface area contributed by atoms with Crippen molar-refractivity contribution in [2.45, 2.75) is 13.5 Å². The maximum Gasteiger partial charge on any atom is 0.268 e. The smallest absolute Gasteiger partial charge is 0.268 e. The fourth-order valence-electron chi connectivity index (χ4n) is 1.57. The number of hydrogen-bond donors (Lipinski definition) is 1. The Labute approximate surface area is 122 Å². The van der Waals surface area contributed by atoms with Crippen molar-refractivity contribution in [3.05, 3.63) is 56.9 Å². The molecule has 0 spiro atoms. The highest BCUT2D eigenvalue weighted by Crippen LogP contribution is 2.12. The number of benzene rings is 1. The minimum absolute atomic E-state index is 0.0738. The van der Waals surface area contributed by atoms with Gasteiger partial charge in [0.1, 0.15) is 16.8 Å². The summed E-state index contributed by atoms with van der Waals surface area (Å²) < 4.78 is 14.8. The Morgan fingerprint density at radius 1 is 1.45 bits per heavy atom. The van der Waals surface area contributed by atoms with E-state index in [0.29, 0.717) is 10.2 Å².